The number of hydrogen-bond acceptors (Lipinski definition) is 3. The van der Waals surface area contributed by atoms with Crippen LogP contribution in [0.1, 0.15) is 18.5 Å². The minimum Gasteiger partial charge on any atom is -0.369 e. The molecule has 0 aliphatic carbocycles. The molecule has 0 aliphatic rings. The van der Waals surface area contributed by atoms with Crippen molar-refractivity contribution in [1.82, 2.24) is 14.5 Å². The minimum atomic E-state index is 0.0971. The van der Waals surface area contributed by atoms with Crippen molar-refractivity contribution in [2.24, 2.45) is 0 Å². The van der Waals surface area contributed by atoms with Crippen LogP contribution in [-0.2, 0) is 0 Å². The Morgan fingerprint density at radius 2 is 2.00 bits per heavy atom. The number of imidazole rings is 1. The fourth-order valence-electron chi connectivity index (χ4n) is 2.24. The predicted molar refractivity (Wildman–Crippen MR) is 79.9 cm³/mol. The molecule has 0 aliphatic heterocycles. The van der Waals surface area contributed by atoms with Crippen molar-refractivity contribution in [3.05, 3.63) is 52.6 Å². The molecule has 0 saturated carbocycles. The van der Waals surface area contributed by atoms with Crippen molar-refractivity contribution in [3.8, 4) is 0 Å². The van der Waals surface area contributed by atoms with E-state index in [-0.39, 0.29) is 6.04 Å². The van der Waals surface area contributed by atoms with Gasteiger partial charge in [0.2, 0.25) is 5.95 Å². The largest absolute Gasteiger partial charge is 0.369 e. The van der Waals surface area contributed by atoms with Gasteiger partial charge in [0.15, 0.2) is 5.65 Å². The zero-order chi connectivity index (χ0) is 13.4. The van der Waals surface area contributed by atoms with Crippen LogP contribution in [0.2, 0.25) is 0 Å². The lowest BCUT2D eigenvalue weighted by Crippen LogP contribution is -2.10. The Morgan fingerprint density at radius 3 is 2.74 bits per heavy atom. The summed E-state index contributed by atoms with van der Waals surface area (Å²) in [6.07, 6.45) is 1.76. The third kappa shape index (κ3) is 2.10. The van der Waals surface area contributed by atoms with Gasteiger partial charge in [0.25, 0.3) is 0 Å². The maximum atomic E-state index is 6.04. The van der Waals surface area contributed by atoms with Gasteiger partial charge in [-0.25, -0.2) is 9.97 Å². The molecule has 0 fully saturated rings. The number of nitrogen functional groups attached to an aromatic ring is 1. The van der Waals surface area contributed by atoms with Gasteiger partial charge in [-0.05, 0) is 34.5 Å². The zero-order valence-electron chi connectivity index (χ0n) is 10.4. The van der Waals surface area contributed by atoms with Crippen LogP contribution >= 0.6 is 15.9 Å². The van der Waals surface area contributed by atoms with Gasteiger partial charge in [0.05, 0.1) is 6.04 Å². The average Bonchev–Trinajstić information content (AvgIpc) is 2.74. The van der Waals surface area contributed by atoms with Gasteiger partial charge in [0.1, 0.15) is 5.52 Å². The van der Waals surface area contributed by atoms with E-state index in [1.54, 1.807) is 6.20 Å². The van der Waals surface area contributed by atoms with Crippen LogP contribution in [0.3, 0.4) is 0 Å². The number of nitrogens with zero attached hydrogens (tertiary/aromatic N) is 3. The Kier molecular flexibility index (Phi) is 2.98. The molecule has 5 heteroatoms. The van der Waals surface area contributed by atoms with Gasteiger partial charge in [-0.3, -0.25) is 4.57 Å². The van der Waals surface area contributed by atoms with Crippen molar-refractivity contribution in [1.29, 1.82) is 0 Å². The lowest BCUT2D eigenvalue weighted by Gasteiger charge is -2.15. The Morgan fingerprint density at radius 1 is 1.26 bits per heavy atom. The normalized spacial score (nSPS) is 12.7. The average molecular weight is 317 g/mol. The molecule has 0 spiro atoms. The molecule has 19 heavy (non-hydrogen) atoms. The molecule has 2 N–H and O–H groups in total. The van der Waals surface area contributed by atoms with Crippen molar-refractivity contribution in [2.45, 2.75) is 13.0 Å². The van der Waals surface area contributed by atoms with Crippen molar-refractivity contribution >= 4 is 33.0 Å². The van der Waals surface area contributed by atoms with Gasteiger partial charge in [0, 0.05) is 10.7 Å². The standard InChI is InChI=1S/C14H13BrN4/c1-9(10-5-3-2-4-6-10)19-13-12(18-14(19)16)7-11(15)8-17-13/h2-9H,1H3,(H2,16,18). The number of pyridine rings is 1. The smallest absolute Gasteiger partial charge is 0.203 e. The van der Waals surface area contributed by atoms with Crippen LogP contribution in [0.4, 0.5) is 5.95 Å². The molecule has 0 bridgehead atoms. The first-order valence-electron chi connectivity index (χ1n) is 6.00. The molecular formula is C14H13BrN4. The fraction of sp³-hybridized carbons (Fsp3) is 0.143. The number of hydrogen-bond donors (Lipinski definition) is 1. The quantitative estimate of drug-likeness (QED) is 0.788. The lowest BCUT2D eigenvalue weighted by atomic mass is 10.1. The third-order valence-corrected chi connectivity index (χ3v) is 3.63. The van der Waals surface area contributed by atoms with E-state index in [0.29, 0.717) is 5.95 Å². The summed E-state index contributed by atoms with van der Waals surface area (Å²) in [7, 11) is 0. The van der Waals surface area contributed by atoms with Crippen LogP contribution in [0.15, 0.2) is 47.1 Å². The first kappa shape index (κ1) is 12.2. The molecule has 0 amide bonds. The summed E-state index contributed by atoms with van der Waals surface area (Å²) in [5.74, 6) is 0.483. The van der Waals surface area contributed by atoms with Crippen LogP contribution in [0, 0.1) is 0 Å². The Bertz CT molecular complexity index is 721. The molecule has 1 aromatic carbocycles. The van der Waals surface area contributed by atoms with E-state index in [4.69, 9.17) is 5.73 Å². The molecule has 0 radical (unpaired) electrons. The van der Waals surface area contributed by atoms with E-state index < -0.39 is 0 Å². The van der Waals surface area contributed by atoms with Gasteiger partial charge < -0.3 is 5.73 Å². The maximum Gasteiger partial charge on any atom is 0.203 e. The summed E-state index contributed by atoms with van der Waals surface area (Å²) in [6.45, 7) is 2.09. The van der Waals surface area contributed by atoms with E-state index in [1.807, 2.05) is 28.8 Å². The summed E-state index contributed by atoms with van der Waals surface area (Å²) < 4.78 is 2.86. The number of nitrogens with two attached hydrogens (primary N) is 1. The molecule has 2 heterocycles. The summed E-state index contributed by atoms with van der Waals surface area (Å²) >= 11 is 3.40. The number of anilines is 1. The highest BCUT2D eigenvalue weighted by Gasteiger charge is 2.16. The number of benzene rings is 1. The Labute approximate surface area is 119 Å². The van der Waals surface area contributed by atoms with Crippen LogP contribution in [0.25, 0.3) is 11.2 Å². The predicted octanol–water partition coefficient (Wildman–Crippen LogP) is 3.39. The summed E-state index contributed by atoms with van der Waals surface area (Å²) in [5.41, 5.74) is 8.82. The molecule has 3 aromatic rings. The molecule has 1 atom stereocenters. The summed E-state index contributed by atoms with van der Waals surface area (Å²) in [4.78, 5) is 8.79. The van der Waals surface area contributed by atoms with Crippen molar-refractivity contribution < 1.29 is 0 Å². The van der Waals surface area contributed by atoms with Gasteiger partial charge >= 0.3 is 0 Å². The molecular weight excluding hydrogens is 304 g/mol. The first-order valence-corrected chi connectivity index (χ1v) is 6.80. The second-order valence-electron chi connectivity index (χ2n) is 4.42. The number of fused-ring (bicyclic) bond motifs is 1. The van der Waals surface area contributed by atoms with Gasteiger partial charge in [-0.2, -0.15) is 0 Å². The third-order valence-electron chi connectivity index (χ3n) is 3.19. The van der Waals surface area contributed by atoms with E-state index in [9.17, 15) is 0 Å². The highest BCUT2D eigenvalue weighted by molar-refractivity contribution is 9.10. The molecule has 3 rings (SSSR count). The van der Waals surface area contributed by atoms with Crippen LogP contribution in [0.5, 0.6) is 0 Å². The Hall–Kier alpha value is -1.88. The van der Waals surface area contributed by atoms with Gasteiger partial charge in [-0.1, -0.05) is 30.3 Å². The number of aromatic nitrogens is 3. The molecule has 96 valence electrons. The topological polar surface area (TPSA) is 56.7 Å². The number of rotatable bonds is 2. The molecule has 4 nitrogen and oxygen atoms in total. The monoisotopic (exact) mass is 316 g/mol. The second-order valence-corrected chi connectivity index (χ2v) is 5.34. The maximum absolute atomic E-state index is 6.04. The van der Waals surface area contributed by atoms with Gasteiger partial charge in [-0.15, -0.1) is 0 Å². The van der Waals surface area contributed by atoms with Crippen LogP contribution < -0.4 is 5.73 Å². The van der Waals surface area contributed by atoms with Crippen molar-refractivity contribution in [3.63, 3.8) is 0 Å². The van der Waals surface area contributed by atoms with E-state index in [0.717, 1.165) is 15.6 Å². The van der Waals surface area contributed by atoms with E-state index >= 15 is 0 Å². The molecule has 1 unspecified atom stereocenters. The van der Waals surface area contributed by atoms with E-state index in [1.165, 1.54) is 5.56 Å². The fourth-order valence-corrected chi connectivity index (χ4v) is 2.56. The zero-order valence-corrected chi connectivity index (χ0v) is 12.0. The molecule has 2 aromatic heterocycles. The molecule has 0 saturated heterocycles. The SMILES string of the molecule is CC(c1ccccc1)n1c(N)nc2cc(Br)cnc21. The second kappa shape index (κ2) is 4.66. The minimum absolute atomic E-state index is 0.0971. The first-order chi connectivity index (χ1) is 9.16. The highest BCUT2D eigenvalue weighted by atomic mass is 79.9. The lowest BCUT2D eigenvalue weighted by molar-refractivity contribution is 0.662. The number of halogens is 1. The summed E-state index contributed by atoms with van der Waals surface area (Å²) in [5, 5.41) is 0. The van der Waals surface area contributed by atoms with Crippen LogP contribution in [-0.4, -0.2) is 14.5 Å². The Balaban J connectivity index is 2.17. The van der Waals surface area contributed by atoms with E-state index in [2.05, 4.69) is 45.0 Å². The summed E-state index contributed by atoms with van der Waals surface area (Å²) in [6, 6.07) is 12.2. The highest BCUT2D eigenvalue weighted by Crippen LogP contribution is 2.27. The van der Waals surface area contributed by atoms with Crippen molar-refractivity contribution in [2.75, 3.05) is 5.73 Å².